The van der Waals surface area contributed by atoms with Crippen molar-refractivity contribution in [3.05, 3.63) is 107 Å². The molecule has 1 aliphatic heterocycles. The monoisotopic (exact) mass is 557 g/mol. The van der Waals surface area contributed by atoms with E-state index < -0.39 is 12.0 Å². The van der Waals surface area contributed by atoms with E-state index in [-0.39, 0.29) is 18.8 Å². The molecule has 0 radical (unpaired) electrons. The van der Waals surface area contributed by atoms with E-state index in [0.29, 0.717) is 37.7 Å². The van der Waals surface area contributed by atoms with Crippen molar-refractivity contribution in [3.8, 4) is 17.6 Å². The molecular weight excluding hydrogens is 534 g/mol. The Morgan fingerprint density at radius 3 is 2.67 bits per heavy atom. The molecular formula is C29H23N3O5S2. The largest absolute Gasteiger partial charge is 0.493 e. The number of fused-ring (bicyclic) bond motifs is 1. The lowest BCUT2D eigenvalue weighted by molar-refractivity contribution is -0.138. The third-order valence-electron chi connectivity index (χ3n) is 5.98. The van der Waals surface area contributed by atoms with Crippen LogP contribution in [-0.2, 0) is 9.53 Å². The van der Waals surface area contributed by atoms with E-state index in [2.05, 4.69) is 0 Å². The molecule has 0 unspecified atom stereocenters. The van der Waals surface area contributed by atoms with Crippen LogP contribution in [0, 0.1) is 11.3 Å². The zero-order chi connectivity index (χ0) is 27.4. The molecule has 0 amide bonds. The zero-order valence-corrected chi connectivity index (χ0v) is 22.8. The second-order valence-corrected chi connectivity index (χ2v) is 10.3. The Morgan fingerprint density at radius 1 is 1.15 bits per heavy atom. The van der Waals surface area contributed by atoms with Crippen LogP contribution in [0.25, 0.3) is 11.8 Å². The third-order valence-corrected chi connectivity index (χ3v) is 7.89. The second-order valence-electron chi connectivity index (χ2n) is 8.27. The van der Waals surface area contributed by atoms with E-state index >= 15 is 0 Å². The first-order chi connectivity index (χ1) is 19.1. The Kier molecular flexibility index (Phi) is 7.72. The minimum Gasteiger partial charge on any atom is -0.493 e. The summed E-state index contributed by atoms with van der Waals surface area (Å²) in [6.45, 7) is 1.76. The molecule has 2 aromatic carbocycles. The molecule has 0 fully saturated rings. The number of nitriles is 1. The number of thiazole rings is 1. The van der Waals surface area contributed by atoms with Gasteiger partial charge in [0.15, 0.2) is 22.9 Å². The fourth-order valence-corrected chi connectivity index (χ4v) is 6.18. The van der Waals surface area contributed by atoms with Crippen LogP contribution >= 0.6 is 22.7 Å². The smallest absolute Gasteiger partial charge is 0.338 e. The lowest BCUT2D eigenvalue weighted by Gasteiger charge is -2.24. The number of carbonyl (C=O) groups is 1. The van der Waals surface area contributed by atoms with Crippen molar-refractivity contribution < 1.29 is 19.0 Å². The molecule has 0 saturated heterocycles. The van der Waals surface area contributed by atoms with Crippen LogP contribution in [-0.4, -0.2) is 30.9 Å². The molecule has 0 N–H and O–H groups in total. The number of hydrogen-bond acceptors (Lipinski definition) is 9. The first-order valence-corrected chi connectivity index (χ1v) is 13.8. The molecule has 0 spiro atoms. The number of carbonyl (C=O) groups excluding carboxylic acids is 1. The number of para-hydroxylation sites is 1. The summed E-state index contributed by atoms with van der Waals surface area (Å²) >= 11 is 2.67. The molecule has 0 saturated carbocycles. The van der Waals surface area contributed by atoms with Crippen molar-refractivity contribution in [1.29, 1.82) is 5.26 Å². The topological polar surface area (TPSA) is 103 Å². The van der Waals surface area contributed by atoms with Crippen molar-refractivity contribution in [2.45, 2.75) is 13.0 Å². The standard InChI is InChI=1S/C29H23N3O5S2/c1-3-36-28(34)23-24(18-9-5-4-6-10-18)31-29-32(25(23)21-13-8-16-38-21)27(33)22(39-29)17-19-11-7-12-20(35-2)26(19)37-15-14-30/h4-13,16-17,25H,3,15H2,1-2H3/b22-17-/t25-/m0/s1. The van der Waals surface area contributed by atoms with Gasteiger partial charge < -0.3 is 14.2 Å². The molecule has 1 atom stereocenters. The number of thiophene rings is 1. The maximum atomic E-state index is 14.0. The molecule has 8 nitrogen and oxygen atoms in total. The number of aromatic nitrogens is 1. The van der Waals surface area contributed by atoms with Gasteiger partial charge in [-0.05, 0) is 30.5 Å². The number of ether oxygens (including phenoxy) is 3. The molecule has 0 aliphatic carbocycles. The second kappa shape index (κ2) is 11.5. The fourth-order valence-electron chi connectivity index (χ4n) is 4.36. The molecule has 39 heavy (non-hydrogen) atoms. The minimum atomic E-state index is -0.711. The minimum absolute atomic E-state index is 0.176. The highest BCUT2D eigenvalue weighted by atomic mass is 32.1. The first-order valence-electron chi connectivity index (χ1n) is 12.1. The van der Waals surface area contributed by atoms with E-state index in [1.807, 2.05) is 53.9 Å². The summed E-state index contributed by atoms with van der Waals surface area (Å²) in [5, 5.41) is 10.9. The Bertz CT molecular complexity index is 1760. The summed E-state index contributed by atoms with van der Waals surface area (Å²) in [5.74, 6) is 0.284. The summed E-state index contributed by atoms with van der Waals surface area (Å²) < 4.78 is 18.5. The van der Waals surface area contributed by atoms with Crippen molar-refractivity contribution in [2.24, 2.45) is 4.99 Å². The van der Waals surface area contributed by atoms with Gasteiger partial charge in [0.2, 0.25) is 0 Å². The highest BCUT2D eigenvalue weighted by Crippen LogP contribution is 2.37. The van der Waals surface area contributed by atoms with Crippen molar-refractivity contribution in [3.63, 3.8) is 0 Å². The fraction of sp³-hybridized carbons (Fsp3) is 0.172. The molecule has 2 aromatic heterocycles. The number of esters is 1. The van der Waals surface area contributed by atoms with Gasteiger partial charge in [-0.3, -0.25) is 9.36 Å². The first kappa shape index (κ1) is 26.2. The van der Waals surface area contributed by atoms with E-state index in [9.17, 15) is 9.59 Å². The Morgan fingerprint density at radius 2 is 1.97 bits per heavy atom. The van der Waals surface area contributed by atoms with Crippen LogP contribution in [0.15, 0.2) is 81.4 Å². The summed E-state index contributed by atoms with van der Waals surface area (Å²) in [6, 6.07) is 19.7. The Labute approximate surface area is 232 Å². The number of rotatable bonds is 8. The van der Waals surface area contributed by atoms with Crippen LogP contribution in [0.3, 0.4) is 0 Å². The predicted octanol–water partition coefficient (Wildman–Crippen LogP) is 3.91. The van der Waals surface area contributed by atoms with Crippen molar-refractivity contribution in [1.82, 2.24) is 4.57 Å². The lowest BCUT2D eigenvalue weighted by atomic mass is 9.97. The van der Waals surface area contributed by atoms with Crippen LogP contribution in [0.2, 0.25) is 0 Å². The Balaban J connectivity index is 1.79. The van der Waals surface area contributed by atoms with Crippen LogP contribution in [0.4, 0.5) is 0 Å². The third kappa shape index (κ3) is 5.02. The molecule has 1 aliphatic rings. The van der Waals surface area contributed by atoms with Crippen LogP contribution in [0.5, 0.6) is 11.5 Å². The molecule has 196 valence electrons. The van der Waals surface area contributed by atoms with Gasteiger partial charge in [-0.15, -0.1) is 11.3 Å². The van der Waals surface area contributed by atoms with E-state index in [1.165, 1.54) is 29.8 Å². The molecule has 5 rings (SSSR count). The van der Waals surface area contributed by atoms with E-state index in [0.717, 1.165) is 10.4 Å². The molecule has 0 bridgehead atoms. The summed E-state index contributed by atoms with van der Waals surface area (Å²) in [6.07, 6.45) is 1.70. The highest BCUT2D eigenvalue weighted by Gasteiger charge is 2.35. The van der Waals surface area contributed by atoms with Gasteiger partial charge in [0.1, 0.15) is 12.1 Å². The molecule has 4 aromatic rings. The van der Waals surface area contributed by atoms with Crippen LogP contribution < -0.4 is 24.4 Å². The normalized spacial score (nSPS) is 14.8. The summed E-state index contributed by atoms with van der Waals surface area (Å²) in [5.41, 5.74) is 1.80. The number of nitrogens with zero attached hydrogens (tertiary/aromatic N) is 3. The van der Waals surface area contributed by atoms with Gasteiger partial charge in [0.25, 0.3) is 5.56 Å². The summed E-state index contributed by atoms with van der Waals surface area (Å²) in [7, 11) is 1.51. The van der Waals surface area contributed by atoms with Crippen molar-refractivity contribution >= 4 is 40.4 Å². The quantitative estimate of drug-likeness (QED) is 0.305. The van der Waals surface area contributed by atoms with Gasteiger partial charge in [0, 0.05) is 16.0 Å². The van der Waals surface area contributed by atoms with E-state index in [1.54, 1.807) is 35.8 Å². The summed E-state index contributed by atoms with van der Waals surface area (Å²) in [4.78, 5) is 33.5. The number of hydrogen-bond donors (Lipinski definition) is 0. The van der Waals surface area contributed by atoms with Gasteiger partial charge in [-0.2, -0.15) is 5.26 Å². The SMILES string of the molecule is CCOC(=O)C1=C(c2ccccc2)N=c2s/c(=C\c3cccc(OC)c3OCC#N)c(=O)n2[C@H]1c1cccs1. The number of methoxy groups -OCH3 is 1. The maximum absolute atomic E-state index is 14.0. The maximum Gasteiger partial charge on any atom is 0.338 e. The zero-order valence-electron chi connectivity index (χ0n) is 21.1. The van der Waals surface area contributed by atoms with Crippen molar-refractivity contribution in [2.75, 3.05) is 20.3 Å². The van der Waals surface area contributed by atoms with Crippen LogP contribution in [0.1, 0.15) is 29.0 Å². The highest BCUT2D eigenvalue weighted by molar-refractivity contribution is 7.10. The van der Waals surface area contributed by atoms with Gasteiger partial charge in [0.05, 0.1) is 29.5 Å². The Hall–Kier alpha value is -4.46. The lowest BCUT2D eigenvalue weighted by Crippen LogP contribution is -2.39. The molecule has 3 heterocycles. The van der Waals surface area contributed by atoms with Gasteiger partial charge in [-0.1, -0.05) is 59.9 Å². The van der Waals surface area contributed by atoms with E-state index in [4.69, 9.17) is 24.5 Å². The average molecular weight is 558 g/mol. The molecule has 10 heteroatoms. The van der Waals surface area contributed by atoms with Gasteiger partial charge in [-0.25, -0.2) is 9.79 Å². The number of benzene rings is 2. The average Bonchev–Trinajstić information content (AvgIpc) is 3.60. The predicted molar refractivity (Wildman–Crippen MR) is 149 cm³/mol. The van der Waals surface area contributed by atoms with Gasteiger partial charge >= 0.3 is 5.97 Å².